The molecule has 0 unspecified atom stereocenters. The average molecular weight is 390 g/mol. The first-order chi connectivity index (χ1) is 14.1. The maximum Gasteiger partial charge on any atom is 0.182 e. The number of aromatic nitrogens is 1. The van der Waals surface area contributed by atoms with E-state index in [0.29, 0.717) is 24.5 Å². The van der Waals surface area contributed by atoms with Crippen LogP contribution in [0.4, 0.5) is 0 Å². The molecule has 1 aromatic heterocycles. The fourth-order valence-electron chi connectivity index (χ4n) is 3.36. The Morgan fingerprint density at radius 3 is 2.69 bits per heavy atom. The highest BCUT2D eigenvalue weighted by molar-refractivity contribution is 5.91. The summed E-state index contributed by atoms with van der Waals surface area (Å²) in [5.41, 5.74) is 11.9. The number of benzene rings is 3. The topological polar surface area (TPSA) is 102 Å². The van der Waals surface area contributed by atoms with Crippen molar-refractivity contribution in [2.75, 3.05) is 0 Å². The van der Waals surface area contributed by atoms with Crippen LogP contribution in [-0.4, -0.2) is 21.5 Å². The minimum Gasteiger partial charge on any atom is -0.489 e. The second-order valence-corrected chi connectivity index (χ2v) is 6.83. The third-order valence-electron chi connectivity index (χ3n) is 4.74. The molecule has 0 amide bonds. The fourth-order valence-corrected chi connectivity index (χ4v) is 3.36. The van der Waals surface area contributed by atoms with Crippen molar-refractivity contribution >= 4 is 11.1 Å². The van der Waals surface area contributed by atoms with Crippen LogP contribution in [0.3, 0.4) is 0 Å². The van der Waals surface area contributed by atoms with Crippen LogP contribution in [0.2, 0.25) is 0 Å². The second-order valence-electron chi connectivity index (χ2n) is 6.83. The molecule has 0 radical (unpaired) electrons. The van der Waals surface area contributed by atoms with E-state index in [2.05, 4.69) is 4.98 Å². The number of ether oxygens (including phenoxy) is 1. The van der Waals surface area contributed by atoms with Gasteiger partial charge >= 0.3 is 0 Å². The first-order valence-corrected chi connectivity index (χ1v) is 9.36. The molecule has 0 aliphatic heterocycles. The van der Waals surface area contributed by atoms with Crippen LogP contribution in [-0.2, 0) is 19.6 Å². The number of fused-ring (bicyclic) bond motifs is 1. The van der Waals surface area contributed by atoms with Gasteiger partial charge in [0.1, 0.15) is 17.9 Å². The van der Waals surface area contributed by atoms with Gasteiger partial charge in [-0.3, -0.25) is 0 Å². The largest absolute Gasteiger partial charge is 0.489 e. The zero-order chi connectivity index (χ0) is 20.2. The van der Waals surface area contributed by atoms with Gasteiger partial charge in [-0.2, -0.15) is 0 Å². The van der Waals surface area contributed by atoms with Gasteiger partial charge in [-0.1, -0.05) is 36.4 Å². The molecule has 6 heteroatoms. The Kier molecular flexibility index (Phi) is 5.57. The van der Waals surface area contributed by atoms with Crippen LogP contribution in [0.15, 0.2) is 71.5 Å². The molecule has 0 aliphatic rings. The van der Waals surface area contributed by atoms with Crippen molar-refractivity contribution < 1.29 is 19.4 Å². The number of aliphatic hydroxyl groups is 2. The van der Waals surface area contributed by atoms with E-state index in [-0.39, 0.29) is 6.42 Å². The van der Waals surface area contributed by atoms with Crippen molar-refractivity contribution in [2.45, 2.75) is 25.9 Å². The van der Waals surface area contributed by atoms with Crippen molar-refractivity contribution in [1.82, 2.24) is 4.98 Å². The number of aliphatic hydroxyl groups excluding tert-OH is 1. The summed E-state index contributed by atoms with van der Waals surface area (Å²) < 4.78 is 11.5. The molecule has 4 aromatic rings. The van der Waals surface area contributed by atoms with Crippen molar-refractivity contribution in [2.24, 2.45) is 5.73 Å². The third kappa shape index (κ3) is 4.30. The van der Waals surface area contributed by atoms with E-state index in [4.69, 9.17) is 14.9 Å². The number of oxazole rings is 1. The van der Waals surface area contributed by atoms with Crippen LogP contribution in [0.5, 0.6) is 5.75 Å². The number of hydrogen-bond donors (Lipinski definition) is 3. The number of para-hydroxylation sites is 1. The molecule has 29 heavy (non-hydrogen) atoms. The zero-order valence-corrected chi connectivity index (χ0v) is 15.8. The molecular weight excluding hydrogens is 368 g/mol. The molecule has 0 saturated carbocycles. The van der Waals surface area contributed by atoms with Gasteiger partial charge in [0.2, 0.25) is 0 Å². The molecule has 0 saturated heterocycles. The standard InChI is InChI=1S/C23H22N2O4/c24-12-15-4-3-6-17(8-15)19-9-16(10-21-23(19)25-14-29-21)13-28-20-7-2-1-5-18(20)11-22(26)27/h1-10,14,22,26-27H,11-13,24H2. The van der Waals surface area contributed by atoms with E-state index in [0.717, 1.165) is 33.3 Å². The molecule has 4 rings (SSSR count). The Balaban J connectivity index is 1.66. The smallest absolute Gasteiger partial charge is 0.182 e. The number of hydrogen-bond acceptors (Lipinski definition) is 6. The summed E-state index contributed by atoms with van der Waals surface area (Å²) in [4.78, 5) is 4.36. The third-order valence-corrected chi connectivity index (χ3v) is 4.74. The molecule has 3 aromatic carbocycles. The fraction of sp³-hybridized carbons (Fsp3) is 0.174. The lowest BCUT2D eigenvalue weighted by Crippen LogP contribution is -2.09. The SMILES string of the molecule is NCc1cccc(-c2cc(COc3ccccc3CC(O)O)cc3ocnc23)c1. The molecular formula is C23H22N2O4. The summed E-state index contributed by atoms with van der Waals surface area (Å²) >= 11 is 0. The molecule has 1 heterocycles. The maximum atomic E-state index is 9.29. The molecule has 0 atom stereocenters. The molecule has 148 valence electrons. The van der Waals surface area contributed by atoms with E-state index in [1.807, 2.05) is 60.7 Å². The summed E-state index contributed by atoms with van der Waals surface area (Å²) in [6.07, 6.45) is 0.115. The van der Waals surface area contributed by atoms with Crippen molar-refractivity contribution in [3.05, 3.63) is 83.7 Å². The monoisotopic (exact) mass is 390 g/mol. The predicted molar refractivity (Wildman–Crippen MR) is 110 cm³/mol. The first kappa shape index (κ1) is 19.1. The predicted octanol–water partition coefficient (Wildman–Crippen LogP) is 3.39. The summed E-state index contributed by atoms with van der Waals surface area (Å²) in [7, 11) is 0. The van der Waals surface area contributed by atoms with Crippen molar-refractivity contribution in [3.63, 3.8) is 0 Å². The average Bonchev–Trinajstić information content (AvgIpc) is 3.21. The van der Waals surface area contributed by atoms with Gasteiger partial charge in [0.15, 0.2) is 18.3 Å². The highest BCUT2D eigenvalue weighted by Crippen LogP contribution is 2.31. The van der Waals surface area contributed by atoms with E-state index in [1.165, 1.54) is 6.39 Å². The lowest BCUT2D eigenvalue weighted by Gasteiger charge is -2.13. The quantitative estimate of drug-likeness (QED) is 0.418. The van der Waals surface area contributed by atoms with Gasteiger partial charge in [-0.25, -0.2) is 4.98 Å². The second kappa shape index (κ2) is 8.45. The highest BCUT2D eigenvalue weighted by Gasteiger charge is 2.12. The molecule has 6 nitrogen and oxygen atoms in total. The van der Waals surface area contributed by atoms with Crippen LogP contribution >= 0.6 is 0 Å². The van der Waals surface area contributed by atoms with E-state index < -0.39 is 6.29 Å². The minimum absolute atomic E-state index is 0.106. The lowest BCUT2D eigenvalue weighted by atomic mass is 9.99. The van der Waals surface area contributed by atoms with Gasteiger partial charge in [0.25, 0.3) is 0 Å². The Morgan fingerprint density at radius 2 is 1.86 bits per heavy atom. The van der Waals surface area contributed by atoms with Crippen LogP contribution in [0.25, 0.3) is 22.2 Å². The minimum atomic E-state index is -1.42. The molecule has 0 aliphatic carbocycles. The lowest BCUT2D eigenvalue weighted by molar-refractivity contribution is -0.0385. The molecule has 0 fully saturated rings. The van der Waals surface area contributed by atoms with Gasteiger partial charge in [-0.15, -0.1) is 0 Å². The Hall–Kier alpha value is -3.19. The molecule has 4 N–H and O–H groups in total. The molecule has 0 bridgehead atoms. The van der Waals surface area contributed by atoms with Gasteiger partial charge in [0, 0.05) is 18.5 Å². The van der Waals surface area contributed by atoms with E-state index in [1.54, 1.807) is 0 Å². The van der Waals surface area contributed by atoms with Gasteiger partial charge in [-0.05, 0) is 46.5 Å². The van der Waals surface area contributed by atoms with Crippen LogP contribution < -0.4 is 10.5 Å². The highest BCUT2D eigenvalue weighted by atomic mass is 16.5. The Labute approximate surface area is 168 Å². The zero-order valence-electron chi connectivity index (χ0n) is 15.8. The van der Waals surface area contributed by atoms with E-state index >= 15 is 0 Å². The summed E-state index contributed by atoms with van der Waals surface area (Å²) in [5.74, 6) is 0.616. The van der Waals surface area contributed by atoms with Gasteiger partial charge < -0.3 is 25.1 Å². The summed E-state index contributed by atoms with van der Waals surface area (Å²) in [6.45, 7) is 0.769. The van der Waals surface area contributed by atoms with E-state index in [9.17, 15) is 10.2 Å². The summed E-state index contributed by atoms with van der Waals surface area (Å²) in [6, 6.07) is 19.3. The van der Waals surface area contributed by atoms with Gasteiger partial charge in [0.05, 0.1) is 0 Å². The number of nitrogens with zero attached hydrogens (tertiary/aromatic N) is 1. The van der Waals surface area contributed by atoms with Crippen molar-refractivity contribution in [1.29, 1.82) is 0 Å². The number of rotatable bonds is 7. The van der Waals surface area contributed by atoms with Crippen LogP contribution in [0, 0.1) is 0 Å². The normalized spacial score (nSPS) is 11.3. The van der Waals surface area contributed by atoms with Crippen molar-refractivity contribution in [3.8, 4) is 16.9 Å². The number of nitrogens with two attached hydrogens (primary N) is 1. The Morgan fingerprint density at radius 1 is 1.00 bits per heavy atom. The van der Waals surface area contributed by atoms with Crippen LogP contribution in [0.1, 0.15) is 16.7 Å². The molecule has 0 spiro atoms. The first-order valence-electron chi connectivity index (χ1n) is 9.36. The summed E-state index contributed by atoms with van der Waals surface area (Å²) in [5, 5.41) is 18.6. The maximum absolute atomic E-state index is 9.29. The Bertz CT molecular complexity index is 1120.